The number of nitrogens with zero attached hydrogens (tertiary/aromatic N) is 1. The molecule has 1 fully saturated rings. The minimum absolute atomic E-state index is 0.00674. The first kappa shape index (κ1) is 22.0. The zero-order valence-corrected chi connectivity index (χ0v) is 17.9. The van der Waals surface area contributed by atoms with E-state index in [1.165, 1.54) is 30.2 Å². The lowest BCUT2D eigenvalue weighted by atomic mass is 9.71. The van der Waals surface area contributed by atoms with E-state index < -0.39 is 11.4 Å². The number of amides is 1. The molecule has 0 N–H and O–H groups in total. The Morgan fingerprint density at radius 3 is 2.83 bits per heavy atom. The number of fused-ring (bicyclic) bond motifs is 1. The molecule has 1 aliphatic heterocycles. The largest absolute Gasteiger partial charge is 0.496 e. The van der Waals surface area contributed by atoms with Crippen LogP contribution in [0.3, 0.4) is 0 Å². The van der Waals surface area contributed by atoms with Crippen molar-refractivity contribution >= 4 is 11.7 Å². The standard InChI is InChI=1S/C23H28FNO5/c1-6-7-15-12-23(21(11-19(15)26)29-13-30-23)14(2)8-16-9-17(22(27)25(3)4)20(28-5)10-18(16)24/h6,9-11,14-15H,1,7-8,12-13H2,2-5H3/t14-,15-,23+/m0/s1. The van der Waals surface area contributed by atoms with E-state index in [1.807, 2.05) is 6.92 Å². The van der Waals surface area contributed by atoms with Crippen molar-refractivity contribution in [3.05, 3.63) is 53.6 Å². The number of rotatable bonds is 7. The molecule has 1 heterocycles. The Labute approximate surface area is 176 Å². The van der Waals surface area contributed by atoms with E-state index in [-0.39, 0.29) is 36.1 Å². The third kappa shape index (κ3) is 3.86. The summed E-state index contributed by atoms with van der Waals surface area (Å²) in [5.74, 6) is -0.486. The number of allylic oxidation sites excluding steroid dienone is 2. The van der Waals surface area contributed by atoms with Crippen LogP contribution in [0.15, 0.2) is 36.6 Å². The average Bonchev–Trinajstić information content (AvgIpc) is 3.12. The molecule has 0 aromatic heterocycles. The first-order valence-electron chi connectivity index (χ1n) is 9.95. The fourth-order valence-electron chi connectivity index (χ4n) is 4.24. The molecule has 1 aromatic carbocycles. The summed E-state index contributed by atoms with van der Waals surface area (Å²) >= 11 is 0. The summed E-state index contributed by atoms with van der Waals surface area (Å²) in [6, 6.07) is 2.78. The van der Waals surface area contributed by atoms with Crippen LogP contribution in [0.1, 0.15) is 35.7 Å². The smallest absolute Gasteiger partial charge is 0.257 e. The molecule has 30 heavy (non-hydrogen) atoms. The van der Waals surface area contributed by atoms with Gasteiger partial charge in [-0.05, 0) is 36.8 Å². The molecule has 1 aliphatic carbocycles. The Balaban J connectivity index is 1.95. The van der Waals surface area contributed by atoms with Crippen LogP contribution in [0.5, 0.6) is 5.75 Å². The third-order valence-electron chi connectivity index (χ3n) is 5.95. The Hall–Kier alpha value is -2.67. The van der Waals surface area contributed by atoms with E-state index in [0.29, 0.717) is 36.1 Å². The maximum Gasteiger partial charge on any atom is 0.257 e. The zero-order valence-electron chi connectivity index (χ0n) is 17.9. The summed E-state index contributed by atoms with van der Waals surface area (Å²) in [6.07, 6.45) is 4.52. The van der Waals surface area contributed by atoms with Crippen LogP contribution in [-0.2, 0) is 20.7 Å². The summed E-state index contributed by atoms with van der Waals surface area (Å²) in [5, 5.41) is 0. The maximum absolute atomic E-state index is 14.9. The molecular weight excluding hydrogens is 389 g/mol. The number of ketones is 1. The van der Waals surface area contributed by atoms with Gasteiger partial charge in [0.25, 0.3) is 5.91 Å². The molecule has 0 saturated carbocycles. The summed E-state index contributed by atoms with van der Waals surface area (Å²) < 4.78 is 31.7. The van der Waals surface area contributed by atoms with E-state index in [0.717, 1.165) is 0 Å². The van der Waals surface area contributed by atoms with Crippen molar-refractivity contribution in [2.24, 2.45) is 11.8 Å². The van der Waals surface area contributed by atoms with E-state index >= 15 is 0 Å². The van der Waals surface area contributed by atoms with Gasteiger partial charge in [0.05, 0.1) is 12.7 Å². The number of carbonyl (C=O) groups is 2. The molecule has 1 amide bonds. The minimum Gasteiger partial charge on any atom is -0.496 e. The van der Waals surface area contributed by atoms with Gasteiger partial charge in [0.2, 0.25) is 0 Å². The van der Waals surface area contributed by atoms with Crippen LogP contribution in [0.25, 0.3) is 0 Å². The molecular formula is C23H28FNO5. The highest BCUT2D eigenvalue weighted by molar-refractivity contribution is 5.97. The van der Waals surface area contributed by atoms with Crippen LogP contribution < -0.4 is 4.74 Å². The van der Waals surface area contributed by atoms with Crippen molar-refractivity contribution in [3.8, 4) is 5.75 Å². The molecule has 1 aromatic rings. The summed E-state index contributed by atoms with van der Waals surface area (Å²) in [6.45, 7) is 5.74. The number of hydrogen-bond acceptors (Lipinski definition) is 5. The highest BCUT2D eigenvalue weighted by atomic mass is 19.1. The monoisotopic (exact) mass is 417 g/mol. The molecule has 3 rings (SSSR count). The van der Waals surface area contributed by atoms with Gasteiger partial charge in [-0.25, -0.2) is 4.39 Å². The minimum atomic E-state index is -0.806. The van der Waals surface area contributed by atoms with Gasteiger partial charge in [-0.2, -0.15) is 0 Å². The van der Waals surface area contributed by atoms with Crippen molar-refractivity contribution in [2.45, 2.75) is 31.8 Å². The molecule has 3 atom stereocenters. The number of halogens is 1. The molecule has 0 unspecified atom stereocenters. The van der Waals surface area contributed by atoms with Gasteiger partial charge in [0.15, 0.2) is 12.6 Å². The second-order valence-corrected chi connectivity index (χ2v) is 8.08. The first-order valence-corrected chi connectivity index (χ1v) is 9.95. The molecule has 0 spiro atoms. The normalized spacial score (nSPS) is 23.8. The second kappa shape index (κ2) is 8.60. The number of benzene rings is 1. The van der Waals surface area contributed by atoms with Crippen LogP contribution in [0.4, 0.5) is 4.39 Å². The van der Waals surface area contributed by atoms with E-state index in [2.05, 4.69) is 6.58 Å². The van der Waals surface area contributed by atoms with Crippen molar-refractivity contribution in [1.29, 1.82) is 0 Å². The molecule has 0 bridgehead atoms. The average molecular weight is 417 g/mol. The Bertz CT molecular complexity index is 894. The van der Waals surface area contributed by atoms with Crippen molar-refractivity contribution in [2.75, 3.05) is 28.0 Å². The maximum atomic E-state index is 14.9. The quantitative estimate of drug-likeness (QED) is 0.636. The van der Waals surface area contributed by atoms with Crippen LogP contribution in [0.2, 0.25) is 0 Å². The Morgan fingerprint density at radius 2 is 2.20 bits per heavy atom. The topological polar surface area (TPSA) is 65.1 Å². The molecule has 6 nitrogen and oxygen atoms in total. The van der Waals surface area contributed by atoms with Crippen LogP contribution >= 0.6 is 0 Å². The summed E-state index contributed by atoms with van der Waals surface area (Å²) in [5.41, 5.74) is -0.124. The van der Waals surface area contributed by atoms with Gasteiger partial charge in [-0.3, -0.25) is 9.59 Å². The lowest BCUT2D eigenvalue weighted by molar-refractivity contribution is -0.123. The highest BCUT2D eigenvalue weighted by Gasteiger charge is 2.51. The van der Waals surface area contributed by atoms with Gasteiger partial charge in [-0.15, -0.1) is 6.58 Å². The van der Waals surface area contributed by atoms with Crippen molar-refractivity contribution < 1.29 is 28.2 Å². The summed E-state index contributed by atoms with van der Waals surface area (Å²) in [4.78, 5) is 26.3. The molecule has 7 heteroatoms. The molecule has 0 radical (unpaired) electrons. The lowest BCUT2D eigenvalue weighted by Gasteiger charge is -2.38. The number of methoxy groups -OCH3 is 1. The molecule has 1 saturated heterocycles. The Kier molecular flexibility index (Phi) is 6.31. The molecule has 2 aliphatic rings. The van der Waals surface area contributed by atoms with Crippen LogP contribution in [0, 0.1) is 17.7 Å². The predicted molar refractivity (Wildman–Crippen MR) is 110 cm³/mol. The molecule has 162 valence electrons. The van der Waals surface area contributed by atoms with E-state index in [9.17, 15) is 14.0 Å². The number of carbonyl (C=O) groups excluding carboxylic acids is 2. The highest BCUT2D eigenvalue weighted by Crippen LogP contribution is 2.46. The van der Waals surface area contributed by atoms with Crippen molar-refractivity contribution in [3.63, 3.8) is 0 Å². The summed E-state index contributed by atoms with van der Waals surface area (Å²) in [7, 11) is 4.67. The second-order valence-electron chi connectivity index (χ2n) is 8.08. The van der Waals surface area contributed by atoms with Gasteiger partial charge >= 0.3 is 0 Å². The number of hydrogen-bond donors (Lipinski definition) is 0. The van der Waals surface area contributed by atoms with Crippen molar-refractivity contribution in [1.82, 2.24) is 4.90 Å². The van der Waals surface area contributed by atoms with Gasteiger partial charge in [0.1, 0.15) is 22.9 Å². The van der Waals surface area contributed by atoms with E-state index in [1.54, 1.807) is 20.2 Å². The fraction of sp³-hybridized carbons (Fsp3) is 0.478. The van der Waals surface area contributed by atoms with Crippen LogP contribution in [-0.4, -0.2) is 50.2 Å². The lowest BCUT2D eigenvalue weighted by Crippen LogP contribution is -2.45. The number of ether oxygens (including phenoxy) is 3. The zero-order chi connectivity index (χ0) is 22.1. The van der Waals surface area contributed by atoms with Gasteiger partial charge < -0.3 is 19.1 Å². The third-order valence-corrected chi connectivity index (χ3v) is 5.95. The predicted octanol–water partition coefficient (Wildman–Crippen LogP) is 3.51. The SMILES string of the molecule is C=CC[C@H]1C[C@]2([C@@H](C)Cc3cc(C(=O)N(C)C)c(OC)cc3F)OCOC2=CC1=O. The first-order chi connectivity index (χ1) is 14.2. The van der Waals surface area contributed by atoms with E-state index in [4.69, 9.17) is 14.2 Å². The van der Waals surface area contributed by atoms with Gasteiger partial charge in [-0.1, -0.05) is 13.0 Å². The van der Waals surface area contributed by atoms with Gasteiger partial charge in [0, 0.05) is 32.2 Å². The fourth-order valence-corrected chi connectivity index (χ4v) is 4.24. The Morgan fingerprint density at radius 1 is 1.47 bits per heavy atom.